The molecule has 1 saturated heterocycles. The number of hydrogen-bond acceptors (Lipinski definition) is 3. The predicted molar refractivity (Wildman–Crippen MR) is 113 cm³/mol. The zero-order valence-electron chi connectivity index (χ0n) is 17.1. The number of rotatable bonds is 6. The molecule has 0 radical (unpaired) electrons. The van der Waals surface area contributed by atoms with E-state index in [2.05, 4.69) is 10.2 Å². The van der Waals surface area contributed by atoms with E-state index in [0.29, 0.717) is 16.3 Å². The molecule has 5 nitrogen and oxygen atoms in total. The van der Waals surface area contributed by atoms with Crippen molar-refractivity contribution < 1.29 is 18.3 Å². The molecule has 0 atom stereocenters. The second-order valence-electron chi connectivity index (χ2n) is 7.53. The molecule has 0 aliphatic carbocycles. The molecule has 0 unspecified atom stereocenters. The lowest BCUT2D eigenvalue weighted by Gasteiger charge is -2.37. The number of amides is 2. The number of piperidine rings is 1. The summed E-state index contributed by atoms with van der Waals surface area (Å²) in [5, 5.41) is 3.40. The fraction of sp³-hybridized carbons (Fsp3) is 0.409. The van der Waals surface area contributed by atoms with Crippen molar-refractivity contribution in [1.29, 1.82) is 0 Å². The van der Waals surface area contributed by atoms with Crippen LogP contribution < -0.4 is 10.1 Å². The molecular weight excluding hydrogens is 412 g/mol. The number of nitrogens with one attached hydrogen (secondary N) is 1. The van der Waals surface area contributed by atoms with Crippen LogP contribution in [-0.2, 0) is 13.1 Å². The summed E-state index contributed by atoms with van der Waals surface area (Å²) in [6.45, 7) is 2.07. The molecule has 1 aliphatic heterocycles. The summed E-state index contributed by atoms with van der Waals surface area (Å²) in [5.74, 6) is -0.754. The Kier molecular flexibility index (Phi) is 7.50. The van der Waals surface area contributed by atoms with E-state index in [9.17, 15) is 13.6 Å². The number of hydrogen-bond donors (Lipinski definition) is 1. The van der Waals surface area contributed by atoms with Gasteiger partial charge in [-0.3, -0.25) is 0 Å². The Morgan fingerprint density at radius 1 is 1.23 bits per heavy atom. The van der Waals surface area contributed by atoms with E-state index in [1.165, 1.54) is 19.2 Å². The van der Waals surface area contributed by atoms with Crippen molar-refractivity contribution >= 4 is 17.6 Å². The lowest BCUT2D eigenvalue weighted by Crippen LogP contribution is -2.49. The van der Waals surface area contributed by atoms with Crippen LogP contribution in [0, 0.1) is 11.6 Å². The summed E-state index contributed by atoms with van der Waals surface area (Å²) < 4.78 is 32.7. The lowest BCUT2D eigenvalue weighted by atomic mass is 10.0. The quantitative estimate of drug-likeness (QED) is 0.727. The van der Waals surface area contributed by atoms with Crippen molar-refractivity contribution in [2.75, 3.05) is 27.2 Å². The minimum atomic E-state index is -0.650. The SMILES string of the molecule is COc1cc(CNC(=O)N(Cc2ccc(F)cc2F)C2CCN(C)CC2)ccc1Cl. The molecule has 0 bridgehead atoms. The van der Waals surface area contributed by atoms with Gasteiger partial charge in [0.05, 0.1) is 18.7 Å². The molecule has 30 heavy (non-hydrogen) atoms. The Morgan fingerprint density at radius 2 is 1.97 bits per heavy atom. The molecule has 1 heterocycles. The number of likely N-dealkylation sites (tertiary alicyclic amines) is 1. The lowest BCUT2D eigenvalue weighted by molar-refractivity contribution is 0.126. The minimum Gasteiger partial charge on any atom is -0.495 e. The summed E-state index contributed by atoms with van der Waals surface area (Å²) in [6.07, 6.45) is 1.59. The van der Waals surface area contributed by atoms with Crippen molar-refractivity contribution in [1.82, 2.24) is 15.1 Å². The molecule has 0 saturated carbocycles. The average Bonchev–Trinajstić information content (AvgIpc) is 2.73. The number of carbonyl (C=O) groups is 1. The normalized spacial score (nSPS) is 15.1. The van der Waals surface area contributed by atoms with Crippen LogP contribution in [0.1, 0.15) is 24.0 Å². The van der Waals surface area contributed by atoms with Crippen LogP contribution in [0.3, 0.4) is 0 Å². The summed E-state index contributed by atoms with van der Waals surface area (Å²) in [7, 11) is 3.57. The standard InChI is InChI=1S/C22H26ClF2N3O2/c1-27-9-7-18(8-10-27)28(14-16-4-5-17(24)12-20(16)25)22(29)26-13-15-3-6-19(23)21(11-15)30-2/h3-6,11-12,18H,7-10,13-14H2,1-2H3,(H,26,29). The Balaban J connectivity index is 1.74. The second kappa shape index (κ2) is 10.1. The average molecular weight is 438 g/mol. The van der Waals surface area contributed by atoms with Gasteiger partial charge < -0.3 is 19.9 Å². The summed E-state index contributed by atoms with van der Waals surface area (Å²) in [6, 6.07) is 8.43. The maximum atomic E-state index is 14.2. The van der Waals surface area contributed by atoms with E-state index in [1.807, 2.05) is 13.1 Å². The van der Waals surface area contributed by atoms with E-state index in [-0.39, 0.29) is 25.2 Å². The number of benzene rings is 2. The van der Waals surface area contributed by atoms with E-state index in [0.717, 1.165) is 37.6 Å². The van der Waals surface area contributed by atoms with Crippen LogP contribution in [0.15, 0.2) is 36.4 Å². The third kappa shape index (κ3) is 5.61. The first-order chi connectivity index (χ1) is 14.4. The van der Waals surface area contributed by atoms with Gasteiger partial charge in [0.1, 0.15) is 17.4 Å². The third-order valence-electron chi connectivity index (χ3n) is 5.40. The molecule has 2 aromatic rings. The van der Waals surface area contributed by atoms with Crippen molar-refractivity contribution in [2.24, 2.45) is 0 Å². The smallest absolute Gasteiger partial charge is 0.318 e. The number of methoxy groups -OCH3 is 1. The molecule has 3 rings (SSSR count). The van der Waals surface area contributed by atoms with Gasteiger partial charge in [-0.05, 0) is 56.7 Å². The summed E-state index contributed by atoms with van der Waals surface area (Å²) >= 11 is 6.05. The minimum absolute atomic E-state index is 0.0228. The van der Waals surface area contributed by atoms with Crippen LogP contribution in [-0.4, -0.2) is 49.1 Å². The van der Waals surface area contributed by atoms with Crippen molar-refractivity contribution in [2.45, 2.75) is 32.0 Å². The predicted octanol–water partition coefficient (Wildman–Crippen LogP) is 4.43. The summed E-state index contributed by atoms with van der Waals surface area (Å²) in [4.78, 5) is 16.9. The first-order valence-electron chi connectivity index (χ1n) is 9.86. The number of halogens is 3. The zero-order chi connectivity index (χ0) is 21.7. The van der Waals surface area contributed by atoms with Crippen molar-refractivity contribution in [3.05, 3.63) is 64.2 Å². The van der Waals surface area contributed by atoms with Crippen LogP contribution in [0.5, 0.6) is 5.75 Å². The van der Waals surface area contributed by atoms with Gasteiger partial charge in [0, 0.05) is 24.2 Å². The Morgan fingerprint density at radius 3 is 2.63 bits per heavy atom. The molecular formula is C22H26ClF2N3O2. The fourth-order valence-electron chi connectivity index (χ4n) is 3.60. The fourth-order valence-corrected chi connectivity index (χ4v) is 3.79. The Bertz CT molecular complexity index is 889. The van der Waals surface area contributed by atoms with Crippen LogP contribution in [0.4, 0.5) is 13.6 Å². The highest BCUT2D eigenvalue weighted by molar-refractivity contribution is 6.32. The third-order valence-corrected chi connectivity index (χ3v) is 5.72. The van der Waals surface area contributed by atoms with Gasteiger partial charge in [-0.2, -0.15) is 0 Å². The number of nitrogens with zero attached hydrogens (tertiary/aromatic N) is 2. The molecule has 1 N–H and O–H groups in total. The summed E-state index contributed by atoms with van der Waals surface area (Å²) in [5.41, 5.74) is 1.12. The highest BCUT2D eigenvalue weighted by atomic mass is 35.5. The van der Waals surface area contributed by atoms with Gasteiger partial charge >= 0.3 is 6.03 Å². The number of urea groups is 1. The van der Waals surface area contributed by atoms with Gasteiger partial charge in [-0.1, -0.05) is 23.7 Å². The molecule has 1 aliphatic rings. The largest absolute Gasteiger partial charge is 0.495 e. The van der Waals surface area contributed by atoms with Crippen molar-refractivity contribution in [3.63, 3.8) is 0 Å². The molecule has 0 spiro atoms. The molecule has 2 amide bonds. The highest BCUT2D eigenvalue weighted by Gasteiger charge is 2.28. The first-order valence-corrected chi connectivity index (χ1v) is 10.2. The van der Waals surface area contributed by atoms with Gasteiger partial charge in [0.25, 0.3) is 0 Å². The molecule has 1 fully saturated rings. The molecule has 2 aromatic carbocycles. The van der Waals surface area contributed by atoms with E-state index >= 15 is 0 Å². The highest BCUT2D eigenvalue weighted by Crippen LogP contribution is 2.25. The monoisotopic (exact) mass is 437 g/mol. The number of carbonyl (C=O) groups excluding carboxylic acids is 1. The topological polar surface area (TPSA) is 44.8 Å². The van der Waals surface area contributed by atoms with Crippen LogP contribution >= 0.6 is 11.6 Å². The molecule has 8 heteroatoms. The van der Waals surface area contributed by atoms with E-state index in [1.54, 1.807) is 17.0 Å². The second-order valence-corrected chi connectivity index (χ2v) is 7.93. The number of ether oxygens (including phenoxy) is 1. The molecule has 0 aromatic heterocycles. The van der Waals surface area contributed by atoms with Gasteiger partial charge in [-0.25, -0.2) is 13.6 Å². The maximum absolute atomic E-state index is 14.2. The van der Waals surface area contributed by atoms with E-state index in [4.69, 9.17) is 16.3 Å². The Labute approximate surface area is 180 Å². The zero-order valence-corrected chi connectivity index (χ0v) is 17.9. The van der Waals surface area contributed by atoms with Gasteiger partial charge in [-0.15, -0.1) is 0 Å². The van der Waals surface area contributed by atoms with Crippen molar-refractivity contribution in [3.8, 4) is 5.75 Å². The molecule has 162 valence electrons. The first kappa shape index (κ1) is 22.3. The maximum Gasteiger partial charge on any atom is 0.318 e. The Hall–Kier alpha value is -2.38. The van der Waals surface area contributed by atoms with E-state index < -0.39 is 11.6 Å². The van der Waals surface area contributed by atoms with Crippen LogP contribution in [0.25, 0.3) is 0 Å². The van der Waals surface area contributed by atoms with Gasteiger partial charge in [0.2, 0.25) is 0 Å². The van der Waals surface area contributed by atoms with Gasteiger partial charge in [0.15, 0.2) is 0 Å². The van der Waals surface area contributed by atoms with Crippen LogP contribution in [0.2, 0.25) is 5.02 Å².